The zero-order chi connectivity index (χ0) is 9.52. The molecule has 1 fully saturated rings. The fourth-order valence-corrected chi connectivity index (χ4v) is 1.89. The predicted molar refractivity (Wildman–Crippen MR) is 57.9 cm³/mol. The summed E-state index contributed by atoms with van der Waals surface area (Å²) in [7, 11) is 0. The molecule has 2 nitrogen and oxygen atoms in total. The van der Waals surface area contributed by atoms with Crippen LogP contribution in [-0.2, 0) is 0 Å². The van der Waals surface area contributed by atoms with Crippen LogP contribution in [-0.4, -0.2) is 37.6 Å². The molecule has 1 N–H and O–H groups in total. The second kappa shape index (κ2) is 6.17. The topological polar surface area (TPSA) is 15.3 Å². The second-order valence-electron chi connectivity index (χ2n) is 3.86. The Hall–Kier alpha value is -0.340. The first kappa shape index (κ1) is 10.7. The smallest absolute Gasteiger partial charge is 0.0132 e. The van der Waals surface area contributed by atoms with E-state index in [2.05, 4.69) is 23.7 Å². The van der Waals surface area contributed by atoms with Crippen molar-refractivity contribution < 1.29 is 0 Å². The van der Waals surface area contributed by atoms with Gasteiger partial charge in [-0.25, -0.2) is 0 Å². The lowest BCUT2D eigenvalue weighted by molar-refractivity contribution is 0.322. The molecule has 1 atom stereocenters. The van der Waals surface area contributed by atoms with Crippen LogP contribution >= 0.6 is 0 Å². The van der Waals surface area contributed by atoms with Gasteiger partial charge in [0.15, 0.2) is 0 Å². The van der Waals surface area contributed by atoms with E-state index in [9.17, 15) is 0 Å². The van der Waals surface area contributed by atoms with Gasteiger partial charge in [0.2, 0.25) is 0 Å². The number of likely N-dealkylation sites (tertiary alicyclic amines) is 1. The second-order valence-corrected chi connectivity index (χ2v) is 3.86. The summed E-state index contributed by atoms with van der Waals surface area (Å²) < 4.78 is 0. The molecule has 1 unspecified atom stereocenters. The number of nitrogens with one attached hydrogen (secondary N) is 1. The third kappa shape index (κ3) is 3.92. The molecular formula is C11H22N2. The van der Waals surface area contributed by atoms with Crippen molar-refractivity contribution in [1.82, 2.24) is 10.2 Å². The van der Waals surface area contributed by atoms with Gasteiger partial charge in [0.05, 0.1) is 0 Å². The molecule has 1 aliphatic rings. The normalized spacial score (nSPS) is 23.6. The summed E-state index contributed by atoms with van der Waals surface area (Å²) in [5.74, 6) is 0.958. The molecule has 1 saturated heterocycles. The van der Waals surface area contributed by atoms with Gasteiger partial charge in [-0.3, -0.25) is 0 Å². The van der Waals surface area contributed by atoms with Crippen molar-refractivity contribution in [1.29, 1.82) is 0 Å². The first-order chi connectivity index (χ1) is 6.36. The van der Waals surface area contributed by atoms with Crippen molar-refractivity contribution in [2.75, 3.05) is 32.7 Å². The summed E-state index contributed by atoms with van der Waals surface area (Å²) in [6.45, 7) is 11.8. The first-order valence-corrected chi connectivity index (χ1v) is 5.40. The minimum Gasteiger partial charge on any atom is -0.312 e. The summed E-state index contributed by atoms with van der Waals surface area (Å²) in [5.41, 5.74) is 0. The fourth-order valence-electron chi connectivity index (χ4n) is 1.89. The highest BCUT2D eigenvalue weighted by Gasteiger charge is 2.19. The highest BCUT2D eigenvalue weighted by atomic mass is 15.2. The van der Waals surface area contributed by atoms with Crippen molar-refractivity contribution in [3.05, 3.63) is 12.7 Å². The van der Waals surface area contributed by atoms with Crippen LogP contribution < -0.4 is 5.32 Å². The molecule has 13 heavy (non-hydrogen) atoms. The van der Waals surface area contributed by atoms with Crippen LogP contribution in [0.15, 0.2) is 12.7 Å². The maximum atomic E-state index is 3.68. The van der Waals surface area contributed by atoms with Crippen molar-refractivity contribution in [3.8, 4) is 0 Å². The Morgan fingerprint density at radius 2 is 2.46 bits per heavy atom. The zero-order valence-corrected chi connectivity index (χ0v) is 8.76. The van der Waals surface area contributed by atoms with Crippen molar-refractivity contribution >= 4 is 0 Å². The molecule has 0 aromatic rings. The van der Waals surface area contributed by atoms with Crippen molar-refractivity contribution in [2.24, 2.45) is 5.92 Å². The van der Waals surface area contributed by atoms with Gasteiger partial charge in [-0.2, -0.15) is 0 Å². The molecule has 0 amide bonds. The van der Waals surface area contributed by atoms with Gasteiger partial charge in [0, 0.05) is 26.2 Å². The minimum absolute atomic E-state index is 0.936. The molecule has 1 rings (SSSR count). The molecular weight excluding hydrogens is 160 g/mol. The Bertz CT molecular complexity index is 145. The maximum absolute atomic E-state index is 3.68. The molecule has 0 radical (unpaired) electrons. The summed E-state index contributed by atoms with van der Waals surface area (Å²) in [6.07, 6.45) is 4.66. The average molecular weight is 182 g/mol. The zero-order valence-electron chi connectivity index (χ0n) is 8.76. The monoisotopic (exact) mass is 182 g/mol. The largest absolute Gasteiger partial charge is 0.312 e. The molecule has 0 bridgehead atoms. The molecule has 1 heterocycles. The van der Waals surface area contributed by atoms with E-state index in [1.54, 1.807) is 0 Å². The van der Waals surface area contributed by atoms with E-state index in [1.807, 2.05) is 6.08 Å². The third-order valence-corrected chi connectivity index (χ3v) is 2.84. The SMILES string of the molecule is C=CCNCCN1CCC(CC)C1. The Balaban J connectivity index is 2.00. The van der Waals surface area contributed by atoms with E-state index < -0.39 is 0 Å². The summed E-state index contributed by atoms with van der Waals surface area (Å²) in [5, 5.41) is 3.34. The summed E-state index contributed by atoms with van der Waals surface area (Å²) >= 11 is 0. The van der Waals surface area contributed by atoms with E-state index in [0.29, 0.717) is 0 Å². The number of hydrogen-bond donors (Lipinski definition) is 1. The number of rotatable bonds is 6. The van der Waals surface area contributed by atoms with E-state index in [0.717, 1.165) is 19.0 Å². The van der Waals surface area contributed by atoms with Crippen LogP contribution in [0.25, 0.3) is 0 Å². The van der Waals surface area contributed by atoms with Crippen molar-refractivity contribution in [3.63, 3.8) is 0 Å². The van der Waals surface area contributed by atoms with Gasteiger partial charge in [0.25, 0.3) is 0 Å². The number of nitrogens with zero attached hydrogens (tertiary/aromatic N) is 1. The lowest BCUT2D eigenvalue weighted by Gasteiger charge is -2.15. The fraction of sp³-hybridized carbons (Fsp3) is 0.818. The Morgan fingerprint density at radius 1 is 1.62 bits per heavy atom. The molecule has 0 aliphatic carbocycles. The van der Waals surface area contributed by atoms with Crippen LogP contribution in [0.4, 0.5) is 0 Å². The first-order valence-electron chi connectivity index (χ1n) is 5.40. The molecule has 76 valence electrons. The van der Waals surface area contributed by atoms with Crippen LogP contribution in [0.3, 0.4) is 0 Å². The van der Waals surface area contributed by atoms with E-state index in [4.69, 9.17) is 0 Å². The van der Waals surface area contributed by atoms with Crippen LogP contribution in [0.1, 0.15) is 19.8 Å². The minimum atomic E-state index is 0.936. The molecule has 1 aliphatic heterocycles. The van der Waals surface area contributed by atoms with Gasteiger partial charge in [0.1, 0.15) is 0 Å². The third-order valence-electron chi connectivity index (χ3n) is 2.84. The van der Waals surface area contributed by atoms with Gasteiger partial charge < -0.3 is 10.2 Å². The Labute approximate surface area is 82.0 Å². The summed E-state index contributed by atoms with van der Waals surface area (Å²) in [6, 6.07) is 0. The van der Waals surface area contributed by atoms with E-state index in [-0.39, 0.29) is 0 Å². The van der Waals surface area contributed by atoms with Gasteiger partial charge in [-0.05, 0) is 18.9 Å². The van der Waals surface area contributed by atoms with Crippen LogP contribution in [0.5, 0.6) is 0 Å². The summed E-state index contributed by atoms with van der Waals surface area (Å²) in [4.78, 5) is 2.56. The average Bonchev–Trinajstić information content (AvgIpc) is 2.60. The molecule has 0 aromatic heterocycles. The van der Waals surface area contributed by atoms with Gasteiger partial charge in [-0.15, -0.1) is 6.58 Å². The van der Waals surface area contributed by atoms with Gasteiger partial charge >= 0.3 is 0 Å². The van der Waals surface area contributed by atoms with Crippen molar-refractivity contribution in [2.45, 2.75) is 19.8 Å². The molecule has 0 spiro atoms. The predicted octanol–water partition coefficient (Wildman–Crippen LogP) is 1.49. The van der Waals surface area contributed by atoms with Crippen LogP contribution in [0, 0.1) is 5.92 Å². The maximum Gasteiger partial charge on any atom is 0.0132 e. The molecule has 0 saturated carbocycles. The highest BCUT2D eigenvalue weighted by molar-refractivity contribution is 4.76. The van der Waals surface area contributed by atoms with Gasteiger partial charge in [-0.1, -0.05) is 19.4 Å². The molecule has 0 aromatic carbocycles. The standard InChI is InChI=1S/C11H22N2/c1-3-6-12-7-9-13-8-5-11(4-2)10-13/h3,11-12H,1,4-10H2,2H3. The highest BCUT2D eigenvalue weighted by Crippen LogP contribution is 2.17. The Kier molecular flexibility index (Phi) is 5.09. The quantitative estimate of drug-likeness (QED) is 0.494. The van der Waals surface area contributed by atoms with Crippen LogP contribution in [0.2, 0.25) is 0 Å². The lowest BCUT2D eigenvalue weighted by Crippen LogP contribution is -2.30. The Morgan fingerprint density at radius 3 is 3.08 bits per heavy atom. The molecule has 2 heteroatoms. The van der Waals surface area contributed by atoms with E-state index in [1.165, 1.54) is 32.5 Å². The van der Waals surface area contributed by atoms with E-state index >= 15 is 0 Å². The lowest BCUT2D eigenvalue weighted by atomic mass is 10.1. The number of hydrogen-bond acceptors (Lipinski definition) is 2.